The molecular weight excluding hydrogens is 304 g/mol. The first-order chi connectivity index (χ1) is 11.7. The Morgan fingerprint density at radius 3 is 2.62 bits per heavy atom. The van der Waals surface area contributed by atoms with Crippen LogP contribution in [0, 0.1) is 0 Å². The number of carbonyl (C=O) groups excluding carboxylic acids is 1. The molecule has 0 radical (unpaired) electrons. The van der Waals surface area contributed by atoms with Crippen LogP contribution in [0.5, 0.6) is 11.5 Å². The highest BCUT2D eigenvalue weighted by Gasteiger charge is 2.10. The molecule has 5 heteroatoms. The number of nitrogens with zero attached hydrogens (tertiary/aromatic N) is 1. The van der Waals surface area contributed by atoms with E-state index in [4.69, 9.17) is 9.47 Å². The summed E-state index contributed by atoms with van der Waals surface area (Å²) >= 11 is 0. The molecule has 0 bridgehead atoms. The van der Waals surface area contributed by atoms with Crippen molar-refractivity contribution in [2.45, 2.75) is 25.7 Å². The Hall–Kier alpha value is -2.01. The van der Waals surface area contributed by atoms with Gasteiger partial charge in [-0.2, -0.15) is 0 Å². The van der Waals surface area contributed by atoms with E-state index < -0.39 is 0 Å². The molecule has 1 amide bonds. The average molecular weight is 332 g/mol. The minimum Gasteiger partial charge on any atom is -0.493 e. The lowest BCUT2D eigenvalue weighted by Gasteiger charge is -2.13. The zero-order valence-corrected chi connectivity index (χ0v) is 14.7. The Bertz CT molecular complexity index is 552. The molecule has 1 aromatic carbocycles. The lowest BCUT2D eigenvalue weighted by Crippen LogP contribution is -2.24. The van der Waals surface area contributed by atoms with Crippen LogP contribution in [0.1, 0.15) is 31.2 Å². The van der Waals surface area contributed by atoms with Gasteiger partial charge in [-0.25, -0.2) is 0 Å². The number of benzene rings is 1. The summed E-state index contributed by atoms with van der Waals surface area (Å²) in [6.07, 6.45) is 8.16. The number of hydrogen-bond donors (Lipinski definition) is 1. The molecule has 1 aliphatic rings. The van der Waals surface area contributed by atoms with Crippen LogP contribution >= 0.6 is 0 Å². The summed E-state index contributed by atoms with van der Waals surface area (Å²) in [5, 5.41) is 2.93. The fourth-order valence-corrected chi connectivity index (χ4v) is 2.87. The second kappa shape index (κ2) is 9.98. The highest BCUT2D eigenvalue weighted by atomic mass is 16.5. The number of unbranched alkanes of at least 4 members (excludes halogenated alkanes) is 1. The van der Waals surface area contributed by atoms with E-state index in [0.29, 0.717) is 11.5 Å². The molecule has 24 heavy (non-hydrogen) atoms. The van der Waals surface area contributed by atoms with Crippen LogP contribution in [0.25, 0.3) is 6.08 Å². The minimum atomic E-state index is -0.0639. The van der Waals surface area contributed by atoms with E-state index in [2.05, 4.69) is 10.2 Å². The van der Waals surface area contributed by atoms with E-state index in [1.165, 1.54) is 25.9 Å². The zero-order chi connectivity index (χ0) is 17.2. The summed E-state index contributed by atoms with van der Waals surface area (Å²) in [5.41, 5.74) is 0.900. The molecule has 1 fully saturated rings. The average Bonchev–Trinajstić information content (AvgIpc) is 3.12. The van der Waals surface area contributed by atoms with E-state index in [-0.39, 0.29) is 5.91 Å². The van der Waals surface area contributed by atoms with Crippen molar-refractivity contribution >= 4 is 12.0 Å². The molecule has 1 aliphatic heterocycles. The van der Waals surface area contributed by atoms with Crippen LogP contribution in [0.3, 0.4) is 0 Å². The number of amides is 1. The maximum atomic E-state index is 11.8. The quantitative estimate of drug-likeness (QED) is 0.558. The van der Waals surface area contributed by atoms with Crippen molar-refractivity contribution in [3.8, 4) is 11.5 Å². The highest BCUT2D eigenvalue weighted by molar-refractivity contribution is 5.91. The number of ether oxygens (including phenoxy) is 2. The van der Waals surface area contributed by atoms with Gasteiger partial charge in [0.1, 0.15) is 0 Å². The fraction of sp³-hybridized carbons (Fsp3) is 0.526. The van der Waals surface area contributed by atoms with Gasteiger partial charge in [-0.05, 0) is 69.1 Å². The van der Waals surface area contributed by atoms with Gasteiger partial charge >= 0.3 is 0 Å². The molecule has 1 heterocycles. The molecule has 0 atom stereocenters. The second-order valence-corrected chi connectivity index (χ2v) is 5.99. The van der Waals surface area contributed by atoms with Crippen LogP contribution in [-0.4, -0.2) is 51.2 Å². The summed E-state index contributed by atoms with van der Waals surface area (Å²) in [7, 11) is 3.20. The largest absolute Gasteiger partial charge is 0.493 e. The number of nitrogens with one attached hydrogen (secondary N) is 1. The van der Waals surface area contributed by atoms with Gasteiger partial charge in [0, 0.05) is 12.6 Å². The van der Waals surface area contributed by atoms with Crippen molar-refractivity contribution in [1.82, 2.24) is 10.2 Å². The third kappa shape index (κ3) is 5.89. The predicted octanol–water partition coefficient (Wildman–Crippen LogP) is 2.71. The van der Waals surface area contributed by atoms with Crippen molar-refractivity contribution in [1.29, 1.82) is 0 Å². The topological polar surface area (TPSA) is 50.8 Å². The molecule has 0 aliphatic carbocycles. The summed E-state index contributed by atoms with van der Waals surface area (Å²) in [6, 6.07) is 5.56. The van der Waals surface area contributed by atoms with Crippen LogP contribution in [0.4, 0.5) is 0 Å². The van der Waals surface area contributed by atoms with E-state index in [1.54, 1.807) is 26.4 Å². The van der Waals surface area contributed by atoms with Gasteiger partial charge in [0.2, 0.25) is 5.91 Å². The van der Waals surface area contributed by atoms with E-state index in [9.17, 15) is 4.79 Å². The molecule has 5 nitrogen and oxygen atoms in total. The lowest BCUT2D eigenvalue weighted by molar-refractivity contribution is -0.116. The lowest BCUT2D eigenvalue weighted by atomic mass is 10.2. The van der Waals surface area contributed by atoms with Crippen molar-refractivity contribution in [2.24, 2.45) is 0 Å². The first-order valence-corrected chi connectivity index (χ1v) is 8.63. The molecule has 1 N–H and O–H groups in total. The second-order valence-electron chi connectivity index (χ2n) is 5.99. The molecule has 1 aromatic rings. The first kappa shape index (κ1) is 18.3. The normalized spacial score (nSPS) is 14.9. The third-order valence-corrected chi connectivity index (χ3v) is 4.23. The molecule has 0 saturated carbocycles. The Kier molecular flexibility index (Phi) is 7.62. The number of hydrogen-bond acceptors (Lipinski definition) is 4. The third-order valence-electron chi connectivity index (χ3n) is 4.23. The molecule has 132 valence electrons. The van der Waals surface area contributed by atoms with Gasteiger partial charge in [0.25, 0.3) is 0 Å². The van der Waals surface area contributed by atoms with E-state index >= 15 is 0 Å². The van der Waals surface area contributed by atoms with E-state index in [1.807, 2.05) is 18.2 Å². The summed E-state index contributed by atoms with van der Waals surface area (Å²) in [6.45, 7) is 4.35. The van der Waals surface area contributed by atoms with Crippen LogP contribution in [0.15, 0.2) is 24.3 Å². The smallest absolute Gasteiger partial charge is 0.243 e. The molecule has 2 rings (SSSR count). The maximum Gasteiger partial charge on any atom is 0.243 e. The SMILES string of the molecule is COc1ccc(/C=C/C(=O)NCCCCN2CCCC2)cc1OC. The van der Waals surface area contributed by atoms with Gasteiger partial charge in [-0.3, -0.25) is 4.79 Å². The molecule has 0 unspecified atom stereocenters. The predicted molar refractivity (Wildman–Crippen MR) is 96.5 cm³/mol. The van der Waals surface area contributed by atoms with Crippen LogP contribution in [0.2, 0.25) is 0 Å². The molecule has 0 spiro atoms. The zero-order valence-electron chi connectivity index (χ0n) is 14.7. The van der Waals surface area contributed by atoms with Crippen LogP contribution < -0.4 is 14.8 Å². The van der Waals surface area contributed by atoms with Crippen molar-refractivity contribution < 1.29 is 14.3 Å². The number of likely N-dealkylation sites (tertiary alicyclic amines) is 1. The Balaban J connectivity index is 1.68. The first-order valence-electron chi connectivity index (χ1n) is 8.63. The summed E-state index contributed by atoms with van der Waals surface area (Å²) < 4.78 is 10.5. The Labute approximate surface area is 144 Å². The highest BCUT2D eigenvalue weighted by Crippen LogP contribution is 2.27. The maximum absolute atomic E-state index is 11.8. The van der Waals surface area contributed by atoms with Crippen molar-refractivity contribution in [3.05, 3.63) is 29.8 Å². The van der Waals surface area contributed by atoms with Crippen LogP contribution in [-0.2, 0) is 4.79 Å². The minimum absolute atomic E-state index is 0.0639. The standard InChI is InChI=1S/C19H28N2O3/c1-23-17-9-7-16(15-18(17)24-2)8-10-19(22)20-11-3-4-12-21-13-5-6-14-21/h7-10,15H,3-6,11-14H2,1-2H3,(H,20,22)/b10-8+. The molecule has 0 aromatic heterocycles. The fourth-order valence-electron chi connectivity index (χ4n) is 2.87. The monoisotopic (exact) mass is 332 g/mol. The Morgan fingerprint density at radius 2 is 1.92 bits per heavy atom. The Morgan fingerprint density at radius 1 is 1.17 bits per heavy atom. The summed E-state index contributed by atoms with van der Waals surface area (Å²) in [5.74, 6) is 1.27. The molecule has 1 saturated heterocycles. The van der Waals surface area contributed by atoms with Crippen molar-refractivity contribution in [3.63, 3.8) is 0 Å². The number of methoxy groups -OCH3 is 2. The van der Waals surface area contributed by atoms with Gasteiger partial charge in [0.05, 0.1) is 14.2 Å². The number of carbonyl (C=O) groups is 1. The van der Waals surface area contributed by atoms with Gasteiger partial charge < -0.3 is 19.7 Å². The van der Waals surface area contributed by atoms with Crippen molar-refractivity contribution in [2.75, 3.05) is 40.4 Å². The van der Waals surface area contributed by atoms with Gasteiger partial charge in [-0.1, -0.05) is 6.07 Å². The van der Waals surface area contributed by atoms with E-state index in [0.717, 1.165) is 31.5 Å². The molecular formula is C19H28N2O3. The van der Waals surface area contributed by atoms with Gasteiger partial charge in [-0.15, -0.1) is 0 Å². The number of rotatable bonds is 9. The van der Waals surface area contributed by atoms with Gasteiger partial charge in [0.15, 0.2) is 11.5 Å². The summed E-state index contributed by atoms with van der Waals surface area (Å²) in [4.78, 5) is 14.3.